The molecule has 2 aliphatic heterocycles. The number of hydrogen-bond donors (Lipinski definition) is 0. The lowest BCUT2D eigenvalue weighted by atomic mass is 9.98. The molecule has 0 aromatic heterocycles. The van der Waals surface area contributed by atoms with E-state index in [0.29, 0.717) is 24.6 Å². The van der Waals surface area contributed by atoms with Gasteiger partial charge in [-0.3, -0.25) is 4.79 Å². The summed E-state index contributed by atoms with van der Waals surface area (Å²) in [5.74, 6) is 0.940. The van der Waals surface area contributed by atoms with Crippen LogP contribution in [0.25, 0.3) is 0 Å². The zero-order valence-electron chi connectivity index (χ0n) is 10.7. The Balaban J connectivity index is 2.00. The molecular weight excluding hydrogens is 274 g/mol. The molecule has 0 saturated carbocycles. The molecule has 0 bridgehead atoms. The lowest BCUT2D eigenvalue weighted by Crippen LogP contribution is -2.28. The lowest BCUT2D eigenvalue weighted by Gasteiger charge is -2.31. The highest BCUT2D eigenvalue weighted by atomic mass is 35.5. The summed E-state index contributed by atoms with van der Waals surface area (Å²) in [5.41, 5.74) is 3.74. The molecule has 0 fully saturated rings. The van der Waals surface area contributed by atoms with Crippen LogP contribution in [0.1, 0.15) is 22.3 Å². The van der Waals surface area contributed by atoms with Gasteiger partial charge in [-0.05, 0) is 24.3 Å². The quantitative estimate of drug-likeness (QED) is 0.734. The van der Waals surface area contributed by atoms with Crippen LogP contribution in [0.2, 0.25) is 5.02 Å². The van der Waals surface area contributed by atoms with Gasteiger partial charge in [0.1, 0.15) is 12.4 Å². The van der Waals surface area contributed by atoms with E-state index in [4.69, 9.17) is 16.3 Å². The van der Waals surface area contributed by atoms with E-state index in [1.54, 1.807) is 0 Å². The Morgan fingerprint density at radius 1 is 1.20 bits per heavy atom. The average Bonchev–Trinajstić information content (AvgIpc) is 2.61. The fraction of sp³-hybridized carbons (Fsp3) is 0.188. The first-order valence-corrected chi connectivity index (χ1v) is 6.97. The van der Waals surface area contributed by atoms with Gasteiger partial charge in [0.15, 0.2) is 5.78 Å². The molecule has 2 aliphatic rings. The number of fused-ring (bicyclic) bond motifs is 2. The second-order valence-electron chi connectivity index (χ2n) is 5.04. The Morgan fingerprint density at radius 2 is 2.10 bits per heavy atom. The van der Waals surface area contributed by atoms with Gasteiger partial charge >= 0.3 is 0 Å². The summed E-state index contributed by atoms with van der Waals surface area (Å²) in [5, 5.41) is 0.696. The molecule has 4 rings (SSSR count). The molecule has 0 radical (unpaired) electrons. The van der Waals surface area contributed by atoms with Gasteiger partial charge < -0.3 is 9.64 Å². The number of benzene rings is 2. The average molecular weight is 286 g/mol. The maximum atomic E-state index is 12.1. The maximum absolute atomic E-state index is 12.1. The summed E-state index contributed by atoms with van der Waals surface area (Å²) in [7, 11) is 0. The molecular formula is C16H12ClNO2. The first kappa shape index (κ1) is 11.8. The van der Waals surface area contributed by atoms with Gasteiger partial charge in [-0.15, -0.1) is 0 Å². The van der Waals surface area contributed by atoms with Gasteiger partial charge in [-0.25, -0.2) is 0 Å². The Bertz CT molecular complexity index is 726. The van der Waals surface area contributed by atoms with Gasteiger partial charge in [-0.1, -0.05) is 23.7 Å². The molecule has 20 heavy (non-hydrogen) atoms. The molecule has 3 nitrogen and oxygen atoms in total. The molecule has 2 aromatic carbocycles. The SMILES string of the molecule is O=C1CCN2c3cc(Cl)ccc3COc3cccc1c32. The largest absolute Gasteiger partial charge is 0.487 e. The van der Waals surface area contributed by atoms with Gasteiger partial charge in [-0.2, -0.15) is 0 Å². The molecule has 0 atom stereocenters. The Labute approximate surface area is 121 Å². The topological polar surface area (TPSA) is 29.5 Å². The lowest BCUT2D eigenvalue weighted by molar-refractivity contribution is 0.0981. The molecule has 100 valence electrons. The summed E-state index contributed by atoms with van der Waals surface area (Å²) < 4.78 is 5.87. The number of ether oxygens (including phenoxy) is 1. The van der Waals surface area contributed by atoms with Crippen LogP contribution in [0.4, 0.5) is 11.4 Å². The Hall–Kier alpha value is -2.00. The number of halogens is 1. The van der Waals surface area contributed by atoms with Gasteiger partial charge in [0, 0.05) is 34.8 Å². The molecule has 0 N–H and O–H groups in total. The van der Waals surface area contributed by atoms with Gasteiger partial charge in [0.05, 0.1) is 5.69 Å². The van der Waals surface area contributed by atoms with E-state index in [1.807, 2.05) is 36.4 Å². The van der Waals surface area contributed by atoms with Gasteiger partial charge in [0.25, 0.3) is 0 Å². The van der Waals surface area contributed by atoms with Crippen molar-refractivity contribution in [1.29, 1.82) is 0 Å². The fourth-order valence-corrected chi connectivity index (χ4v) is 3.08. The number of hydrogen-bond acceptors (Lipinski definition) is 3. The number of ketones is 1. The number of nitrogens with zero attached hydrogens (tertiary/aromatic N) is 1. The van der Waals surface area contributed by atoms with E-state index in [1.165, 1.54) is 0 Å². The number of carbonyl (C=O) groups is 1. The monoisotopic (exact) mass is 285 g/mol. The summed E-state index contributed by atoms with van der Waals surface area (Å²) in [4.78, 5) is 14.3. The van der Waals surface area contributed by atoms with Crippen molar-refractivity contribution >= 4 is 28.8 Å². The Kier molecular flexibility index (Phi) is 2.51. The van der Waals surface area contributed by atoms with E-state index in [9.17, 15) is 4.79 Å². The van der Waals surface area contributed by atoms with E-state index in [2.05, 4.69) is 4.90 Å². The molecule has 0 unspecified atom stereocenters. The minimum absolute atomic E-state index is 0.173. The zero-order valence-corrected chi connectivity index (χ0v) is 11.5. The minimum Gasteiger partial charge on any atom is -0.487 e. The van der Waals surface area contributed by atoms with Crippen LogP contribution in [-0.4, -0.2) is 12.3 Å². The van der Waals surface area contributed by atoms with Crippen LogP contribution in [0.5, 0.6) is 5.75 Å². The highest BCUT2D eigenvalue weighted by Crippen LogP contribution is 2.44. The Morgan fingerprint density at radius 3 is 3.00 bits per heavy atom. The van der Waals surface area contributed by atoms with Crippen molar-refractivity contribution in [3.8, 4) is 5.75 Å². The van der Waals surface area contributed by atoms with Crippen LogP contribution in [-0.2, 0) is 6.61 Å². The normalized spacial score (nSPS) is 16.1. The second kappa shape index (κ2) is 4.25. The van der Waals surface area contributed by atoms with Crippen molar-refractivity contribution in [3.05, 3.63) is 52.5 Å². The molecule has 2 heterocycles. The van der Waals surface area contributed by atoms with E-state index in [0.717, 1.165) is 28.3 Å². The summed E-state index contributed by atoms with van der Waals surface area (Å²) >= 11 is 6.13. The second-order valence-corrected chi connectivity index (χ2v) is 5.48. The maximum Gasteiger partial charge on any atom is 0.166 e. The number of anilines is 2. The van der Waals surface area contributed by atoms with E-state index >= 15 is 0 Å². The predicted octanol–water partition coefficient (Wildman–Crippen LogP) is 3.96. The number of carbonyl (C=O) groups excluding carboxylic acids is 1. The molecule has 0 saturated heterocycles. The van der Waals surface area contributed by atoms with Crippen LogP contribution in [0, 0.1) is 0 Å². The summed E-state index contributed by atoms with van der Waals surface area (Å²) in [6.07, 6.45) is 0.516. The first-order chi connectivity index (χ1) is 9.74. The molecule has 2 aromatic rings. The van der Waals surface area contributed by atoms with Crippen molar-refractivity contribution in [1.82, 2.24) is 0 Å². The highest BCUT2D eigenvalue weighted by molar-refractivity contribution is 6.31. The van der Waals surface area contributed by atoms with Crippen LogP contribution >= 0.6 is 11.6 Å². The molecule has 0 amide bonds. The van der Waals surface area contributed by atoms with Crippen LogP contribution < -0.4 is 9.64 Å². The van der Waals surface area contributed by atoms with Crippen molar-refractivity contribution in [2.75, 3.05) is 11.4 Å². The number of para-hydroxylation sites is 1. The zero-order chi connectivity index (χ0) is 13.7. The third-order valence-corrected chi connectivity index (χ3v) is 4.09. The third kappa shape index (κ3) is 1.63. The van der Waals surface area contributed by atoms with Crippen molar-refractivity contribution in [2.24, 2.45) is 0 Å². The fourth-order valence-electron chi connectivity index (χ4n) is 2.91. The summed E-state index contributed by atoms with van der Waals surface area (Å²) in [6, 6.07) is 11.5. The molecule has 0 spiro atoms. The predicted molar refractivity (Wildman–Crippen MR) is 78.2 cm³/mol. The van der Waals surface area contributed by atoms with Crippen molar-refractivity contribution in [3.63, 3.8) is 0 Å². The van der Waals surface area contributed by atoms with Gasteiger partial charge in [0.2, 0.25) is 0 Å². The smallest absolute Gasteiger partial charge is 0.166 e. The van der Waals surface area contributed by atoms with E-state index in [-0.39, 0.29) is 5.78 Å². The third-order valence-electron chi connectivity index (χ3n) is 3.85. The van der Waals surface area contributed by atoms with Crippen LogP contribution in [0.15, 0.2) is 36.4 Å². The number of rotatable bonds is 0. The van der Waals surface area contributed by atoms with Crippen molar-refractivity contribution < 1.29 is 9.53 Å². The van der Waals surface area contributed by atoms with Crippen molar-refractivity contribution in [2.45, 2.75) is 13.0 Å². The molecule has 0 aliphatic carbocycles. The highest BCUT2D eigenvalue weighted by Gasteiger charge is 2.30. The molecule has 4 heteroatoms. The van der Waals surface area contributed by atoms with E-state index < -0.39 is 0 Å². The first-order valence-electron chi connectivity index (χ1n) is 6.59. The van der Waals surface area contributed by atoms with Crippen LogP contribution in [0.3, 0.4) is 0 Å². The minimum atomic E-state index is 0.173. The standard InChI is InChI=1S/C16H12ClNO2/c17-11-5-4-10-9-20-15-3-1-2-12-14(19)6-7-18(16(12)15)13(10)8-11/h1-5,8H,6-7,9H2. The number of Topliss-reactive ketones (excluding diaryl/α,β-unsaturated/α-hetero) is 1. The summed E-state index contributed by atoms with van der Waals surface area (Å²) in [6.45, 7) is 1.16.